The molecule has 1 N–H and O–H groups in total. The Bertz CT molecular complexity index is 601. The van der Waals surface area contributed by atoms with Crippen LogP contribution in [0.15, 0.2) is 42.5 Å². The minimum absolute atomic E-state index is 0.752. The van der Waals surface area contributed by atoms with Gasteiger partial charge < -0.3 is 15.0 Å². The number of nitrogens with zero attached hydrogens (tertiary/aromatic N) is 1. The minimum Gasteiger partial charge on any atom is -0.497 e. The van der Waals surface area contributed by atoms with Crippen molar-refractivity contribution in [3.8, 4) is 5.75 Å². The third-order valence-electron chi connectivity index (χ3n) is 3.38. The number of ether oxygens (including phenoxy) is 1. The highest BCUT2D eigenvalue weighted by molar-refractivity contribution is 6.30. The largest absolute Gasteiger partial charge is 0.497 e. The second-order valence-corrected chi connectivity index (χ2v) is 5.45. The molecule has 0 saturated carbocycles. The summed E-state index contributed by atoms with van der Waals surface area (Å²) in [5, 5.41) is 3.94. The maximum Gasteiger partial charge on any atom is 0.119 e. The molecule has 0 aliphatic carbocycles. The highest BCUT2D eigenvalue weighted by Crippen LogP contribution is 2.26. The fraction of sp³-hybridized carbons (Fsp3) is 0.294. The molecule has 0 amide bonds. The molecule has 0 spiro atoms. The predicted octanol–water partition coefficient (Wildman–Crippen LogP) is 3.70. The van der Waals surface area contributed by atoms with E-state index in [1.165, 1.54) is 11.1 Å². The molecule has 112 valence electrons. The molecule has 0 heterocycles. The van der Waals surface area contributed by atoms with E-state index in [1.807, 2.05) is 31.3 Å². The van der Waals surface area contributed by atoms with Gasteiger partial charge in [0.2, 0.25) is 0 Å². The fourth-order valence-electron chi connectivity index (χ4n) is 2.36. The van der Waals surface area contributed by atoms with Crippen LogP contribution in [-0.4, -0.2) is 21.2 Å². The normalized spacial score (nSPS) is 10.5. The molecule has 0 saturated heterocycles. The van der Waals surface area contributed by atoms with Gasteiger partial charge in [0.1, 0.15) is 5.75 Å². The summed E-state index contributed by atoms with van der Waals surface area (Å²) in [5.41, 5.74) is 3.57. The van der Waals surface area contributed by atoms with Crippen molar-refractivity contribution >= 4 is 17.3 Å². The molecule has 0 bridgehead atoms. The van der Waals surface area contributed by atoms with E-state index >= 15 is 0 Å². The molecule has 2 aromatic rings. The van der Waals surface area contributed by atoms with E-state index in [2.05, 4.69) is 35.5 Å². The second-order valence-electron chi connectivity index (χ2n) is 5.01. The molecule has 0 unspecified atom stereocenters. The van der Waals surface area contributed by atoms with Gasteiger partial charge in [-0.1, -0.05) is 29.8 Å². The molecule has 0 aromatic heterocycles. The number of halogens is 1. The monoisotopic (exact) mass is 304 g/mol. The van der Waals surface area contributed by atoms with Crippen molar-refractivity contribution in [3.63, 3.8) is 0 Å². The summed E-state index contributed by atoms with van der Waals surface area (Å²) in [7, 11) is 5.70. The fourth-order valence-corrected chi connectivity index (χ4v) is 2.53. The van der Waals surface area contributed by atoms with Gasteiger partial charge >= 0.3 is 0 Å². The third-order valence-corrected chi connectivity index (χ3v) is 3.61. The van der Waals surface area contributed by atoms with Gasteiger partial charge in [0.15, 0.2) is 0 Å². The topological polar surface area (TPSA) is 24.5 Å². The highest BCUT2D eigenvalue weighted by Gasteiger charge is 2.09. The standard InChI is InChI=1S/C17H21ClN2O/c1-19-11-14-7-8-15(18)10-17(14)20(2)12-13-5-4-6-16(9-13)21-3/h4-10,19H,11-12H2,1-3H3. The molecule has 0 aliphatic rings. The smallest absolute Gasteiger partial charge is 0.119 e. The van der Waals surface area contributed by atoms with Crippen LogP contribution in [0.4, 0.5) is 5.69 Å². The average molecular weight is 305 g/mol. The molecule has 0 aliphatic heterocycles. The highest BCUT2D eigenvalue weighted by atomic mass is 35.5. The Morgan fingerprint density at radius 1 is 1.19 bits per heavy atom. The zero-order valence-electron chi connectivity index (χ0n) is 12.7. The molecule has 2 rings (SSSR count). The van der Waals surface area contributed by atoms with Crippen molar-refractivity contribution < 1.29 is 4.74 Å². The van der Waals surface area contributed by atoms with Crippen LogP contribution in [0.5, 0.6) is 5.75 Å². The second kappa shape index (κ2) is 7.34. The Morgan fingerprint density at radius 2 is 2.00 bits per heavy atom. The lowest BCUT2D eigenvalue weighted by molar-refractivity contribution is 0.414. The van der Waals surface area contributed by atoms with Gasteiger partial charge in [-0.2, -0.15) is 0 Å². The molecule has 0 radical (unpaired) electrons. The Labute approximate surface area is 131 Å². The van der Waals surface area contributed by atoms with Crippen LogP contribution in [-0.2, 0) is 13.1 Å². The quantitative estimate of drug-likeness (QED) is 0.880. The van der Waals surface area contributed by atoms with Crippen LogP contribution in [0.1, 0.15) is 11.1 Å². The lowest BCUT2D eigenvalue weighted by atomic mass is 10.1. The number of methoxy groups -OCH3 is 1. The van der Waals surface area contributed by atoms with Crippen molar-refractivity contribution in [2.45, 2.75) is 13.1 Å². The summed E-state index contributed by atoms with van der Waals surface area (Å²) in [6.45, 7) is 1.61. The molecule has 3 nitrogen and oxygen atoms in total. The Morgan fingerprint density at radius 3 is 2.71 bits per heavy atom. The van der Waals surface area contributed by atoms with Crippen molar-refractivity contribution in [1.82, 2.24) is 5.32 Å². The summed E-state index contributed by atoms with van der Waals surface area (Å²) in [6.07, 6.45) is 0. The van der Waals surface area contributed by atoms with E-state index in [0.29, 0.717) is 0 Å². The van der Waals surface area contributed by atoms with Crippen molar-refractivity contribution in [2.24, 2.45) is 0 Å². The first-order chi connectivity index (χ1) is 10.1. The van der Waals surface area contributed by atoms with Gasteiger partial charge in [0.25, 0.3) is 0 Å². The maximum atomic E-state index is 6.14. The number of hydrogen-bond donors (Lipinski definition) is 1. The van der Waals surface area contributed by atoms with Crippen molar-refractivity contribution in [1.29, 1.82) is 0 Å². The number of rotatable bonds is 6. The number of hydrogen-bond acceptors (Lipinski definition) is 3. The van der Waals surface area contributed by atoms with Gasteiger partial charge in [-0.25, -0.2) is 0 Å². The van der Waals surface area contributed by atoms with E-state index in [0.717, 1.165) is 29.5 Å². The van der Waals surface area contributed by atoms with Gasteiger partial charge in [-0.3, -0.25) is 0 Å². The van der Waals surface area contributed by atoms with Crippen LogP contribution in [0.3, 0.4) is 0 Å². The molecule has 21 heavy (non-hydrogen) atoms. The Balaban J connectivity index is 2.22. The first-order valence-corrected chi connectivity index (χ1v) is 7.29. The predicted molar refractivity (Wildman–Crippen MR) is 89.3 cm³/mol. The molecule has 0 atom stereocenters. The van der Waals surface area contributed by atoms with Gasteiger partial charge in [0.05, 0.1) is 7.11 Å². The lowest BCUT2D eigenvalue weighted by Gasteiger charge is -2.23. The van der Waals surface area contributed by atoms with Gasteiger partial charge in [-0.05, 0) is 42.4 Å². The van der Waals surface area contributed by atoms with Gasteiger partial charge in [-0.15, -0.1) is 0 Å². The molecule has 2 aromatic carbocycles. The van der Waals surface area contributed by atoms with Crippen molar-refractivity contribution in [3.05, 3.63) is 58.6 Å². The molecule has 4 heteroatoms. The van der Waals surface area contributed by atoms with Crippen LogP contribution in [0.25, 0.3) is 0 Å². The summed E-state index contributed by atoms with van der Waals surface area (Å²) in [5.74, 6) is 0.877. The summed E-state index contributed by atoms with van der Waals surface area (Å²) in [4.78, 5) is 2.20. The minimum atomic E-state index is 0.752. The number of nitrogens with one attached hydrogen (secondary N) is 1. The van der Waals surface area contributed by atoms with E-state index in [-0.39, 0.29) is 0 Å². The van der Waals surface area contributed by atoms with E-state index in [1.54, 1.807) is 7.11 Å². The van der Waals surface area contributed by atoms with Crippen LogP contribution in [0, 0.1) is 0 Å². The molecular weight excluding hydrogens is 284 g/mol. The maximum absolute atomic E-state index is 6.14. The van der Waals surface area contributed by atoms with Gasteiger partial charge in [0, 0.05) is 30.8 Å². The lowest BCUT2D eigenvalue weighted by Crippen LogP contribution is -2.19. The number of benzene rings is 2. The van der Waals surface area contributed by atoms with E-state index in [9.17, 15) is 0 Å². The SMILES string of the molecule is CNCc1ccc(Cl)cc1N(C)Cc1cccc(OC)c1. The summed E-state index contributed by atoms with van der Waals surface area (Å²) < 4.78 is 5.27. The first kappa shape index (κ1) is 15.7. The van der Waals surface area contributed by atoms with E-state index < -0.39 is 0 Å². The van der Waals surface area contributed by atoms with Crippen LogP contribution in [0.2, 0.25) is 5.02 Å². The Hall–Kier alpha value is -1.71. The number of anilines is 1. The zero-order chi connectivity index (χ0) is 15.2. The van der Waals surface area contributed by atoms with Crippen LogP contribution < -0.4 is 15.0 Å². The summed E-state index contributed by atoms with van der Waals surface area (Å²) in [6, 6.07) is 14.1. The van der Waals surface area contributed by atoms with E-state index in [4.69, 9.17) is 16.3 Å². The average Bonchev–Trinajstić information content (AvgIpc) is 2.49. The van der Waals surface area contributed by atoms with Crippen molar-refractivity contribution in [2.75, 3.05) is 26.1 Å². The third kappa shape index (κ3) is 4.13. The Kier molecular flexibility index (Phi) is 5.48. The zero-order valence-corrected chi connectivity index (χ0v) is 13.4. The molecule has 0 fully saturated rings. The van der Waals surface area contributed by atoms with Crippen LogP contribution >= 0.6 is 11.6 Å². The molecular formula is C17H21ClN2O. The first-order valence-electron chi connectivity index (χ1n) is 6.91. The summed E-state index contributed by atoms with van der Waals surface area (Å²) >= 11 is 6.14.